The number of methoxy groups -OCH3 is 1. The molecule has 2 N–H and O–H groups in total. The number of nitro groups is 1. The minimum atomic E-state index is -0.723. The molecule has 3 amide bonds. The standard InChI is InChI=1S/C22H15N3O7/c1-32-19-5-3-2-4-17(19)24-21(28)14-8-6-12(10-15(14)22(24)29)20(27)23-16-11-13(25(30)31)7-9-18(16)26/h2-11,26H,1H3,(H,23,27). The summed E-state index contributed by atoms with van der Waals surface area (Å²) in [5.41, 5.74) is -0.0399. The number of phenols is 1. The average molecular weight is 433 g/mol. The molecule has 0 atom stereocenters. The van der Waals surface area contributed by atoms with E-state index in [1.54, 1.807) is 24.3 Å². The molecule has 0 saturated heterocycles. The monoisotopic (exact) mass is 433 g/mol. The summed E-state index contributed by atoms with van der Waals surface area (Å²) in [6.07, 6.45) is 0. The van der Waals surface area contributed by atoms with E-state index in [1.807, 2.05) is 0 Å². The molecule has 1 aliphatic heterocycles. The van der Waals surface area contributed by atoms with Crippen LogP contribution in [0.2, 0.25) is 0 Å². The Morgan fingerprint density at radius 1 is 1.03 bits per heavy atom. The van der Waals surface area contributed by atoms with Crippen molar-refractivity contribution in [3.05, 3.63) is 87.5 Å². The third kappa shape index (κ3) is 3.39. The number of amides is 3. The second-order valence-corrected chi connectivity index (χ2v) is 6.79. The van der Waals surface area contributed by atoms with Crippen molar-refractivity contribution in [2.75, 3.05) is 17.3 Å². The first kappa shape index (κ1) is 20.5. The van der Waals surface area contributed by atoms with Gasteiger partial charge >= 0.3 is 0 Å². The Labute approximate surface area is 180 Å². The Kier molecular flexibility index (Phi) is 5.03. The first-order valence-electron chi connectivity index (χ1n) is 9.26. The number of carbonyl (C=O) groups excluding carboxylic acids is 3. The SMILES string of the molecule is COc1ccccc1N1C(=O)c2ccc(C(=O)Nc3cc([N+](=O)[O-])ccc3O)cc2C1=O. The summed E-state index contributed by atoms with van der Waals surface area (Å²) in [4.78, 5) is 49.7. The number of carbonyl (C=O) groups is 3. The molecule has 32 heavy (non-hydrogen) atoms. The van der Waals surface area contributed by atoms with Gasteiger partial charge in [-0.15, -0.1) is 0 Å². The molecular weight excluding hydrogens is 418 g/mol. The topological polar surface area (TPSA) is 139 Å². The number of aromatic hydroxyl groups is 1. The fourth-order valence-electron chi connectivity index (χ4n) is 3.35. The highest BCUT2D eigenvalue weighted by atomic mass is 16.6. The van der Waals surface area contributed by atoms with Gasteiger partial charge in [0.1, 0.15) is 11.5 Å². The van der Waals surface area contributed by atoms with E-state index in [4.69, 9.17) is 4.74 Å². The Bertz CT molecular complexity index is 1300. The molecule has 0 radical (unpaired) electrons. The van der Waals surface area contributed by atoms with E-state index in [-0.39, 0.29) is 39.5 Å². The van der Waals surface area contributed by atoms with Gasteiger partial charge in [0.05, 0.1) is 34.5 Å². The highest BCUT2D eigenvalue weighted by Crippen LogP contribution is 2.35. The summed E-state index contributed by atoms with van der Waals surface area (Å²) in [5, 5.41) is 23.2. The van der Waals surface area contributed by atoms with Crippen LogP contribution in [0.3, 0.4) is 0 Å². The quantitative estimate of drug-likeness (QED) is 0.272. The van der Waals surface area contributed by atoms with E-state index in [9.17, 15) is 29.6 Å². The van der Waals surface area contributed by atoms with Crippen LogP contribution in [-0.2, 0) is 0 Å². The van der Waals surface area contributed by atoms with Crippen LogP contribution in [-0.4, -0.2) is 34.9 Å². The molecular formula is C22H15N3O7. The van der Waals surface area contributed by atoms with Crippen LogP contribution in [0, 0.1) is 10.1 Å². The number of hydrogen-bond acceptors (Lipinski definition) is 7. The van der Waals surface area contributed by atoms with Crippen molar-refractivity contribution in [2.24, 2.45) is 0 Å². The number of nitro benzene ring substituents is 1. The van der Waals surface area contributed by atoms with E-state index < -0.39 is 22.6 Å². The number of non-ortho nitro benzene ring substituents is 1. The van der Waals surface area contributed by atoms with Gasteiger partial charge in [-0.25, -0.2) is 4.90 Å². The number of benzene rings is 3. The van der Waals surface area contributed by atoms with Gasteiger partial charge in [-0.05, 0) is 36.4 Å². The molecule has 0 unspecified atom stereocenters. The Hall–Kier alpha value is -4.73. The number of rotatable bonds is 5. The molecule has 10 heteroatoms. The van der Waals surface area contributed by atoms with Crippen LogP contribution in [0.1, 0.15) is 31.1 Å². The van der Waals surface area contributed by atoms with Crippen LogP contribution in [0.4, 0.5) is 17.1 Å². The highest BCUT2D eigenvalue weighted by Gasteiger charge is 2.38. The molecule has 3 aromatic carbocycles. The molecule has 0 aromatic heterocycles. The van der Waals surface area contributed by atoms with Gasteiger partial charge in [0.25, 0.3) is 23.4 Å². The fraction of sp³-hybridized carbons (Fsp3) is 0.0455. The Balaban J connectivity index is 1.65. The normalized spacial score (nSPS) is 12.5. The Morgan fingerprint density at radius 2 is 1.75 bits per heavy atom. The van der Waals surface area contributed by atoms with E-state index >= 15 is 0 Å². The lowest BCUT2D eigenvalue weighted by atomic mass is 10.1. The molecule has 0 aliphatic carbocycles. The van der Waals surface area contributed by atoms with E-state index in [2.05, 4.69) is 5.32 Å². The molecule has 0 spiro atoms. The number of nitrogens with one attached hydrogen (secondary N) is 1. The first-order chi connectivity index (χ1) is 15.3. The predicted molar refractivity (Wildman–Crippen MR) is 113 cm³/mol. The summed E-state index contributed by atoms with van der Waals surface area (Å²) in [6, 6.07) is 13.7. The van der Waals surface area contributed by atoms with E-state index in [1.165, 1.54) is 25.3 Å². The molecule has 3 aromatic rings. The van der Waals surface area contributed by atoms with Gasteiger partial charge in [-0.2, -0.15) is 0 Å². The third-order valence-corrected chi connectivity index (χ3v) is 4.91. The molecule has 160 valence electrons. The van der Waals surface area contributed by atoms with Gasteiger partial charge in [-0.1, -0.05) is 12.1 Å². The molecule has 0 fully saturated rings. The van der Waals surface area contributed by atoms with Gasteiger partial charge in [0.2, 0.25) is 0 Å². The molecule has 1 aliphatic rings. The van der Waals surface area contributed by atoms with Crippen molar-refractivity contribution in [2.45, 2.75) is 0 Å². The smallest absolute Gasteiger partial charge is 0.271 e. The number of fused-ring (bicyclic) bond motifs is 1. The zero-order valence-electron chi connectivity index (χ0n) is 16.6. The van der Waals surface area contributed by atoms with Crippen LogP contribution in [0.25, 0.3) is 0 Å². The summed E-state index contributed by atoms with van der Waals surface area (Å²) < 4.78 is 5.24. The van der Waals surface area contributed by atoms with E-state index in [0.29, 0.717) is 5.75 Å². The molecule has 1 heterocycles. The maximum atomic E-state index is 13.0. The van der Waals surface area contributed by atoms with Gasteiger partial charge in [0.15, 0.2) is 0 Å². The van der Waals surface area contributed by atoms with Gasteiger partial charge in [0, 0.05) is 17.7 Å². The highest BCUT2D eigenvalue weighted by molar-refractivity contribution is 6.35. The number of nitrogens with zero attached hydrogens (tertiary/aromatic N) is 2. The number of para-hydroxylation sites is 2. The second-order valence-electron chi connectivity index (χ2n) is 6.79. The fourth-order valence-corrected chi connectivity index (χ4v) is 3.35. The van der Waals surface area contributed by atoms with Crippen molar-refractivity contribution in [3.63, 3.8) is 0 Å². The number of anilines is 2. The lowest BCUT2D eigenvalue weighted by Crippen LogP contribution is -2.29. The summed E-state index contributed by atoms with van der Waals surface area (Å²) >= 11 is 0. The second kappa shape index (κ2) is 7.84. The van der Waals surface area contributed by atoms with Gasteiger partial charge in [-0.3, -0.25) is 24.5 Å². The summed E-state index contributed by atoms with van der Waals surface area (Å²) in [5.74, 6) is -1.93. The lowest BCUT2D eigenvalue weighted by molar-refractivity contribution is -0.384. The number of hydrogen-bond donors (Lipinski definition) is 2. The lowest BCUT2D eigenvalue weighted by Gasteiger charge is -2.16. The van der Waals surface area contributed by atoms with Crippen molar-refractivity contribution in [1.82, 2.24) is 0 Å². The first-order valence-corrected chi connectivity index (χ1v) is 9.26. The van der Waals surface area contributed by atoms with Crippen molar-refractivity contribution < 1.29 is 29.2 Å². The van der Waals surface area contributed by atoms with Crippen molar-refractivity contribution in [1.29, 1.82) is 0 Å². The molecule has 4 rings (SSSR count). The van der Waals surface area contributed by atoms with E-state index in [0.717, 1.165) is 23.1 Å². The minimum Gasteiger partial charge on any atom is -0.506 e. The Morgan fingerprint density at radius 3 is 2.47 bits per heavy atom. The van der Waals surface area contributed by atoms with Crippen molar-refractivity contribution in [3.8, 4) is 11.5 Å². The zero-order chi connectivity index (χ0) is 23.0. The van der Waals surface area contributed by atoms with Crippen molar-refractivity contribution >= 4 is 34.8 Å². The maximum Gasteiger partial charge on any atom is 0.271 e. The maximum absolute atomic E-state index is 13.0. The minimum absolute atomic E-state index is 0.0248. The number of imide groups is 1. The third-order valence-electron chi connectivity index (χ3n) is 4.91. The zero-order valence-corrected chi connectivity index (χ0v) is 16.6. The van der Waals surface area contributed by atoms with Crippen LogP contribution in [0.15, 0.2) is 60.7 Å². The summed E-state index contributed by atoms with van der Waals surface area (Å²) in [7, 11) is 1.42. The molecule has 10 nitrogen and oxygen atoms in total. The molecule has 0 saturated carbocycles. The number of ether oxygens (including phenoxy) is 1. The van der Waals surface area contributed by atoms with Crippen LogP contribution < -0.4 is 15.0 Å². The van der Waals surface area contributed by atoms with Crippen LogP contribution >= 0.6 is 0 Å². The van der Waals surface area contributed by atoms with Gasteiger partial charge < -0.3 is 15.2 Å². The number of phenolic OH excluding ortho intramolecular Hbond substituents is 1. The van der Waals surface area contributed by atoms with Crippen LogP contribution in [0.5, 0.6) is 11.5 Å². The summed E-state index contributed by atoms with van der Waals surface area (Å²) in [6.45, 7) is 0. The largest absolute Gasteiger partial charge is 0.506 e. The average Bonchev–Trinajstić information content (AvgIpc) is 3.04. The predicted octanol–water partition coefficient (Wildman–Crippen LogP) is 3.36. The molecule has 0 bridgehead atoms.